The number of halogens is 2. The molecule has 0 aromatic heterocycles. The van der Waals surface area contributed by atoms with E-state index in [0.717, 1.165) is 44.9 Å². The van der Waals surface area contributed by atoms with Gasteiger partial charge in [-0.05, 0) is 64.1 Å². The van der Waals surface area contributed by atoms with Gasteiger partial charge in [0.25, 0.3) is 0 Å². The molecule has 1 N–H and O–H groups in total. The van der Waals surface area contributed by atoms with Crippen LogP contribution in [0.25, 0.3) is 0 Å². The van der Waals surface area contributed by atoms with Crippen molar-refractivity contribution in [1.29, 1.82) is 0 Å². The van der Waals surface area contributed by atoms with E-state index in [2.05, 4.69) is 15.1 Å². The third-order valence-electron chi connectivity index (χ3n) is 5.29. The van der Waals surface area contributed by atoms with E-state index in [1.165, 1.54) is 45.3 Å². The number of amides is 1. The maximum absolute atomic E-state index is 12.5. The number of carbonyl (C=O) groups excluding carboxylic acids is 1. The van der Waals surface area contributed by atoms with E-state index in [1.807, 2.05) is 0 Å². The van der Waals surface area contributed by atoms with E-state index in [9.17, 15) is 4.79 Å². The highest BCUT2D eigenvalue weighted by Gasteiger charge is 2.29. The van der Waals surface area contributed by atoms with E-state index in [4.69, 9.17) is 0 Å². The smallest absolute Gasteiger partial charge is 0.226 e. The molecule has 0 saturated carbocycles. The zero-order valence-corrected chi connectivity index (χ0v) is 15.1. The van der Waals surface area contributed by atoms with Crippen molar-refractivity contribution in [2.24, 2.45) is 11.8 Å². The molecule has 130 valence electrons. The van der Waals surface area contributed by atoms with E-state index >= 15 is 0 Å². The summed E-state index contributed by atoms with van der Waals surface area (Å²) >= 11 is 0. The van der Waals surface area contributed by atoms with Crippen molar-refractivity contribution in [3.63, 3.8) is 0 Å². The minimum Gasteiger partial charge on any atom is -0.342 e. The van der Waals surface area contributed by atoms with Crippen LogP contribution in [0.4, 0.5) is 0 Å². The molecule has 1 unspecified atom stereocenters. The SMILES string of the molecule is Cl.Cl.O=C(C1CCCNC1)N1CCC(CN2CCCC2)CC1. The van der Waals surface area contributed by atoms with Gasteiger partial charge in [-0.3, -0.25) is 4.79 Å². The number of likely N-dealkylation sites (tertiary alicyclic amines) is 2. The Hall–Kier alpha value is -0.0300. The first kappa shape index (κ1) is 20.0. The molecule has 3 aliphatic rings. The summed E-state index contributed by atoms with van der Waals surface area (Å²) in [4.78, 5) is 17.2. The number of hydrogen-bond acceptors (Lipinski definition) is 3. The van der Waals surface area contributed by atoms with Gasteiger partial charge in [-0.2, -0.15) is 0 Å². The molecule has 22 heavy (non-hydrogen) atoms. The molecule has 3 aliphatic heterocycles. The van der Waals surface area contributed by atoms with Crippen LogP contribution in [0.15, 0.2) is 0 Å². The van der Waals surface area contributed by atoms with Crippen molar-refractivity contribution in [2.45, 2.75) is 38.5 Å². The molecule has 3 saturated heterocycles. The molecule has 1 atom stereocenters. The van der Waals surface area contributed by atoms with Gasteiger partial charge in [0.05, 0.1) is 5.92 Å². The molecule has 0 aromatic carbocycles. The van der Waals surface area contributed by atoms with Gasteiger partial charge < -0.3 is 15.1 Å². The quantitative estimate of drug-likeness (QED) is 0.846. The highest BCUT2D eigenvalue weighted by Crippen LogP contribution is 2.23. The Morgan fingerprint density at radius 1 is 0.955 bits per heavy atom. The second-order valence-electron chi connectivity index (χ2n) is 6.82. The standard InChI is InChI=1S/C16H29N3O.2ClH/c20-16(15-4-3-7-17-12-15)19-10-5-14(6-11-19)13-18-8-1-2-9-18;;/h14-15,17H,1-13H2;2*1H. The Morgan fingerprint density at radius 3 is 2.23 bits per heavy atom. The van der Waals surface area contributed by atoms with Crippen LogP contribution in [0.5, 0.6) is 0 Å². The van der Waals surface area contributed by atoms with Gasteiger partial charge in [0.15, 0.2) is 0 Å². The second-order valence-corrected chi connectivity index (χ2v) is 6.82. The maximum atomic E-state index is 12.5. The van der Waals surface area contributed by atoms with Crippen LogP contribution in [0.1, 0.15) is 38.5 Å². The van der Waals surface area contributed by atoms with Gasteiger partial charge in [0.1, 0.15) is 0 Å². The first-order chi connectivity index (χ1) is 9.83. The minimum atomic E-state index is 0. The average molecular weight is 352 g/mol. The lowest BCUT2D eigenvalue weighted by molar-refractivity contribution is -0.137. The van der Waals surface area contributed by atoms with Crippen molar-refractivity contribution in [3.05, 3.63) is 0 Å². The number of piperidine rings is 2. The lowest BCUT2D eigenvalue weighted by Crippen LogP contribution is -2.47. The summed E-state index contributed by atoms with van der Waals surface area (Å²) in [6.07, 6.45) is 7.42. The molecule has 0 aromatic rings. The second kappa shape index (κ2) is 9.96. The molecule has 3 heterocycles. The molecule has 4 nitrogen and oxygen atoms in total. The van der Waals surface area contributed by atoms with Crippen molar-refractivity contribution < 1.29 is 4.79 Å². The summed E-state index contributed by atoms with van der Waals surface area (Å²) in [7, 11) is 0. The monoisotopic (exact) mass is 351 g/mol. The molecule has 0 aliphatic carbocycles. The summed E-state index contributed by atoms with van der Waals surface area (Å²) in [5.74, 6) is 1.48. The summed E-state index contributed by atoms with van der Waals surface area (Å²) in [6.45, 7) is 7.84. The molecule has 1 amide bonds. The molecular weight excluding hydrogens is 321 g/mol. The Balaban J connectivity index is 0.00000121. The number of nitrogens with zero attached hydrogens (tertiary/aromatic N) is 2. The Kier molecular flexibility index (Phi) is 9.07. The largest absolute Gasteiger partial charge is 0.342 e. The summed E-state index contributed by atoms with van der Waals surface area (Å²) in [5, 5.41) is 3.36. The predicted octanol–water partition coefficient (Wildman–Crippen LogP) is 2.16. The van der Waals surface area contributed by atoms with Crippen molar-refractivity contribution in [2.75, 3.05) is 45.8 Å². The third kappa shape index (κ3) is 5.26. The third-order valence-corrected chi connectivity index (χ3v) is 5.29. The van der Waals surface area contributed by atoms with Gasteiger partial charge in [-0.1, -0.05) is 0 Å². The van der Waals surface area contributed by atoms with Crippen LogP contribution >= 0.6 is 24.8 Å². The molecule has 3 fully saturated rings. The van der Waals surface area contributed by atoms with Crippen molar-refractivity contribution in [3.8, 4) is 0 Å². The van der Waals surface area contributed by atoms with Crippen LogP contribution in [-0.4, -0.2) is 61.5 Å². The fourth-order valence-electron chi connectivity index (χ4n) is 3.99. The van der Waals surface area contributed by atoms with Crippen LogP contribution in [0, 0.1) is 11.8 Å². The maximum Gasteiger partial charge on any atom is 0.226 e. The highest BCUT2D eigenvalue weighted by atomic mass is 35.5. The first-order valence-corrected chi connectivity index (χ1v) is 8.55. The summed E-state index contributed by atoms with van der Waals surface area (Å²) in [5.41, 5.74) is 0. The molecule has 6 heteroatoms. The van der Waals surface area contributed by atoms with E-state index < -0.39 is 0 Å². The van der Waals surface area contributed by atoms with Gasteiger partial charge in [0.2, 0.25) is 5.91 Å². The molecule has 0 radical (unpaired) electrons. The Bertz CT molecular complexity index is 323. The summed E-state index contributed by atoms with van der Waals surface area (Å²) in [6, 6.07) is 0. The molecular formula is C16H31Cl2N3O. The number of rotatable bonds is 3. The van der Waals surface area contributed by atoms with E-state index in [1.54, 1.807) is 0 Å². The summed E-state index contributed by atoms with van der Waals surface area (Å²) < 4.78 is 0. The van der Waals surface area contributed by atoms with E-state index in [-0.39, 0.29) is 30.7 Å². The van der Waals surface area contributed by atoms with Crippen LogP contribution in [0.3, 0.4) is 0 Å². The fraction of sp³-hybridized carbons (Fsp3) is 0.938. The number of hydrogen-bond donors (Lipinski definition) is 1. The first-order valence-electron chi connectivity index (χ1n) is 8.55. The molecule has 0 spiro atoms. The molecule has 0 bridgehead atoms. The lowest BCUT2D eigenvalue weighted by Gasteiger charge is -2.36. The zero-order chi connectivity index (χ0) is 13.8. The zero-order valence-electron chi connectivity index (χ0n) is 13.5. The highest BCUT2D eigenvalue weighted by molar-refractivity contribution is 5.85. The number of carbonyl (C=O) groups is 1. The van der Waals surface area contributed by atoms with E-state index in [0.29, 0.717) is 5.91 Å². The fourth-order valence-corrected chi connectivity index (χ4v) is 3.99. The van der Waals surface area contributed by atoms with Gasteiger partial charge in [0, 0.05) is 26.2 Å². The van der Waals surface area contributed by atoms with Crippen LogP contribution in [-0.2, 0) is 4.79 Å². The Morgan fingerprint density at radius 2 is 1.64 bits per heavy atom. The average Bonchev–Trinajstić information content (AvgIpc) is 3.01. The van der Waals surface area contributed by atoms with Crippen LogP contribution in [0.2, 0.25) is 0 Å². The van der Waals surface area contributed by atoms with Gasteiger partial charge in [-0.25, -0.2) is 0 Å². The van der Waals surface area contributed by atoms with Crippen molar-refractivity contribution >= 4 is 30.7 Å². The van der Waals surface area contributed by atoms with Gasteiger partial charge in [-0.15, -0.1) is 24.8 Å². The minimum absolute atomic E-state index is 0. The normalized spacial score (nSPS) is 27.1. The van der Waals surface area contributed by atoms with Crippen LogP contribution < -0.4 is 5.32 Å². The van der Waals surface area contributed by atoms with Crippen molar-refractivity contribution in [1.82, 2.24) is 15.1 Å². The predicted molar refractivity (Wildman–Crippen MR) is 95.1 cm³/mol. The lowest BCUT2D eigenvalue weighted by atomic mass is 9.93. The number of nitrogens with one attached hydrogen (secondary N) is 1. The van der Waals surface area contributed by atoms with Gasteiger partial charge >= 0.3 is 0 Å². The Labute approximate surface area is 147 Å². The topological polar surface area (TPSA) is 35.6 Å². The molecule has 3 rings (SSSR count).